The van der Waals surface area contributed by atoms with Crippen LogP contribution in [-0.4, -0.2) is 32.3 Å². The van der Waals surface area contributed by atoms with Crippen molar-refractivity contribution in [3.8, 4) is 6.07 Å². The van der Waals surface area contributed by atoms with Crippen LogP contribution in [0.3, 0.4) is 0 Å². The number of hydrogen-bond donors (Lipinski definition) is 2. The van der Waals surface area contributed by atoms with Gasteiger partial charge in [0.1, 0.15) is 11.1 Å². The number of nitriles is 1. The van der Waals surface area contributed by atoms with Crippen molar-refractivity contribution < 1.29 is 9.59 Å². The lowest BCUT2D eigenvalue weighted by molar-refractivity contribution is -0.113. The lowest BCUT2D eigenvalue weighted by Gasteiger charge is -2.22. The van der Waals surface area contributed by atoms with Gasteiger partial charge in [0.05, 0.1) is 17.4 Å². The van der Waals surface area contributed by atoms with Crippen molar-refractivity contribution in [2.24, 2.45) is 5.92 Å². The van der Waals surface area contributed by atoms with Crippen LogP contribution in [0.4, 0.5) is 5.00 Å². The number of nitrogens with zero attached hydrogens (tertiary/aromatic N) is 4. The van der Waals surface area contributed by atoms with Crippen LogP contribution in [-0.2, 0) is 24.2 Å². The fraction of sp³-hybridized carbons (Fsp3) is 0.444. The van der Waals surface area contributed by atoms with Gasteiger partial charge in [0.25, 0.3) is 5.91 Å². The number of thiophene rings is 1. The van der Waals surface area contributed by atoms with E-state index in [4.69, 9.17) is 0 Å². The molecule has 0 saturated heterocycles. The molecule has 1 aromatic carbocycles. The Morgan fingerprint density at radius 2 is 2.03 bits per heavy atom. The number of rotatable bonds is 9. The first kappa shape index (κ1) is 26.9. The molecule has 0 bridgehead atoms. The predicted octanol–water partition coefficient (Wildman–Crippen LogP) is 5.28. The summed E-state index contributed by atoms with van der Waals surface area (Å²) in [6.07, 6.45) is 4.08. The highest BCUT2D eigenvalue weighted by molar-refractivity contribution is 7.99. The molecule has 0 radical (unpaired) electrons. The van der Waals surface area contributed by atoms with Crippen molar-refractivity contribution in [2.75, 3.05) is 11.1 Å². The van der Waals surface area contributed by atoms with Gasteiger partial charge in [-0.25, -0.2) is 0 Å². The Morgan fingerprint density at radius 3 is 2.73 bits per heavy atom. The van der Waals surface area contributed by atoms with E-state index in [-0.39, 0.29) is 29.5 Å². The predicted molar refractivity (Wildman–Crippen MR) is 147 cm³/mol. The van der Waals surface area contributed by atoms with Gasteiger partial charge < -0.3 is 15.2 Å². The Hall–Kier alpha value is -3.16. The van der Waals surface area contributed by atoms with Gasteiger partial charge in [0.15, 0.2) is 11.0 Å². The number of nitrogens with one attached hydrogen (secondary N) is 2. The first-order chi connectivity index (χ1) is 17.8. The van der Waals surface area contributed by atoms with Gasteiger partial charge in [-0.3, -0.25) is 9.59 Å². The third-order valence-electron chi connectivity index (χ3n) is 6.44. The van der Waals surface area contributed by atoms with Crippen LogP contribution in [0, 0.1) is 24.2 Å². The summed E-state index contributed by atoms with van der Waals surface area (Å²) in [7, 11) is 0. The summed E-state index contributed by atoms with van der Waals surface area (Å²) in [5, 5.41) is 25.7. The molecule has 0 fully saturated rings. The van der Waals surface area contributed by atoms with Crippen LogP contribution >= 0.6 is 23.1 Å². The molecule has 2 N–H and O–H groups in total. The standard InChI is InChI=1S/C27H32N6O2S2/c1-5-33-24(23(16(2)3)30-25(35)18-10-8-9-17(4)13-18)31-32-27(33)36-15-22(34)29-26-20(14-28)19-11-6-7-12-21(19)37-26/h8-10,13,16,23H,5-7,11-12,15H2,1-4H3,(H,29,34)(H,30,35)/t23-/m0/s1. The van der Waals surface area contributed by atoms with Crippen molar-refractivity contribution >= 4 is 39.9 Å². The molecule has 0 unspecified atom stereocenters. The number of anilines is 1. The van der Waals surface area contributed by atoms with Gasteiger partial charge in [-0.1, -0.05) is 43.3 Å². The number of hydrogen-bond acceptors (Lipinski definition) is 7. The SMILES string of the molecule is CCn1c(SCC(=O)Nc2sc3c(c2C#N)CCCC3)nnc1[C@@H](NC(=O)c1cccc(C)c1)C(C)C. The van der Waals surface area contributed by atoms with E-state index >= 15 is 0 Å². The molecule has 4 rings (SSSR count). The number of aryl methyl sites for hydroxylation is 2. The van der Waals surface area contributed by atoms with Crippen molar-refractivity contribution in [2.45, 2.75) is 71.1 Å². The normalized spacial score (nSPS) is 13.6. The van der Waals surface area contributed by atoms with Crippen molar-refractivity contribution in [1.29, 1.82) is 5.26 Å². The second-order valence-corrected chi connectivity index (χ2v) is 11.6. The molecule has 3 aromatic rings. The van der Waals surface area contributed by atoms with Gasteiger partial charge >= 0.3 is 0 Å². The minimum absolute atomic E-state index is 0.0821. The number of aromatic nitrogens is 3. The molecule has 8 nitrogen and oxygen atoms in total. The molecular formula is C27H32N6O2S2. The Balaban J connectivity index is 1.45. The minimum Gasteiger partial charge on any atom is -0.342 e. The molecular weight excluding hydrogens is 504 g/mol. The zero-order valence-corrected chi connectivity index (χ0v) is 23.3. The number of benzene rings is 1. The summed E-state index contributed by atoms with van der Waals surface area (Å²) in [5.74, 6) is 0.555. The highest BCUT2D eigenvalue weighted by atomic mass is 32.2. The van der Waals surface area contributed by atoms with E-state index in [1.807, 2.05) is 50.5 Å². The molecule has 194 valence electrons. The lowest BCUT2D eigenvalue weighted by atomic mass is 9.96. The van der Waals surface area contributed by atoms with E-state index in [1.165, 1.54) is 28.0 Å². The quantitative estimate of drug-likeness (QED) is 0.360. The number of carbonyl (C=O) groups excluding carboxylic acids is 2. The zero-order valence-electron chi connectivity index (χ0n) is 21.6. The summed E-state index contributed by atoms with van der Waals surface area (Å²) in [6, 6.07) is 9.43. The number of thioether (sulfide) groups is 1. The van der Waals surface area contributed by atoms with Crippen LogP contribution in [0.5, 0.6) is 0 Å². The molecule has 1 atom stereocenters. The van der Waals surface area contributed by atoms with E-state index in [2.05, 4.69) is 26.9 Å². The number of fused-ring (bicyclic) bond motifs is 1. The highest BCUT2D eigenvalue weighted by Crippen LogP contribution is 2.37. The molecule has 0 spiro atoms. The molecule has 0 saturated carbocycles. The number of amides is 2. The Morgan fingerprint density at radius 1 is 1.24 bits per heavy atom. The third kappa shape index (κ3) is 6.05. The summed E-state index contributed by atoms with van der Waals surface area (Å²) >= 11 is 2.82. The topological polar surface area (TPSA) is 113 Å². The second kappa shape index (κ2) is 11.9. The third-order valence-corrected chi connectivity index (χ3v) is 8.62. The van der Waals surface area contributed by atoms with Crippen LogP contribution in [0.1, 0.15) is 77.4 Å². The van der Waals surface area contributed by atoms with Gasteiger partial charge in [0.2, 0.25) is 5.91 Å². The molecule has 0 aliphatic heterocycles. The zero-order chi connectivity index (χ0) is 26.5. The van der Waals surface area contributed by atoms with Crippen LogP contribution in [0.25, 0.3) is 0 Å². The van der Waals surface area contributed by atoms with Crippen molar-refractivity contribution in [3.63, 3.8) is 0 Å². The molecule has 2 aromatic heterocycles. The van der Waals surface area contributed by atoms with E-state index in [0.717, 1.165) is 36.8 Å². The van der Waals surface area contributed by atoms with E-state index in [1.54, 1.807) is 6.07 Å². The summed E-state index contributed by atoms with van der Waals surface area (Å²) < 4.78 is 1.95. The summed E-state index contributed by atoms with van der Waals surface area (Å²) in [6.45, 7) is 8.61. The number of carbonyl (C=O) groups is 2. The summed E-state index contributed by atoms with van der Waals surface area (Å²) in [4.78, 5) is 27.0. The lowest BCUT2D eigenvalue weighted by Crippen LogP contribution is -2.33. The van der Waals surface area contributed by atoms with E-state index in [9.17, 15) is 14.9 Å². The Bertz CT molecular complexity index is 1340. The smallest absolute Gasteiger partial charge is 0.251 e. The monoisotopic (exact) mass is 536 g/mol. The average Bonchev–Trinajstić information content (AvgIpc) is 3.45. The van der Waals surface area contributed by atoms with Crippen LogP contribution < -0.4 is 10.6 Å². The van der Waals surface area contributed by atoms with Gasteiger partial charge in [0, 0.05) is 17.0 Å². The summed E-state index contributed by atoms with van der Waals surface area (Å²) in [5.41, 5.74) is 3.34. The molecule has 1 aliphatic rings. The Labute approximate surface area is 225 Å². The Kier molecular flexibility index (Phi) is 8.67. The van der Waals surface area contributed by atoms with Gasteiger partial charge in [-0.05, 0) is 63.1 Å². The first-order valence-electron chi connectivity index (χ1n) is 12.6. The molecule has 1 aliphatic carbocycles. The largest absolute Gasteiger partial charge is 0.342 e. The molecule has 10 heteroatoms. The van der Waals surface area contributed by atoms with Crippen LogP contribution in [0.15, 0.2) is 29.4 Å². The van der Waals surface area contributed by atoms with Crippen LogP contribution in [0.2, 0.25) is 0 Å². The maximum absolute atomic E-state index is 13.0. The van der Waals surface area contributed by atoms with Crippen molar-refractivity contribution in [1.82, 2.24) is 20.1 Å². The second-order valence-electron chi connectivity index (χ2n) is 9.51. The fourth-order valence-corrected chi connectivity index (χ4v) is 6.60. The maximum Gasteiger partial charge on any atom is 0.251 e. The minimum atomic E-state index is -0.334. The average molecular weight is 537 g/mol. The van der Waals surface area contributed by atoms with E-state index < -0.39 is 0 Å². The van der Waals surface area contributed by atoms with Gasteiger partial charge in [-0.15, -0.1) is 21.5 Å². The first-order valence-corrected chi connectivity index (χ1v) is 14.4. The highest BCUT2D eigenvalue weighted by Gasteiger charge is 2.27. The molecule has 2 amide bonds. The fourth-order valence-electron chi connectivity index (χ4n) is 4.54. The van der Waals surface area contributed by atoms with E-state index in [0.29, 0.717) is 33.7 Å². The van der Waals surface area contributed by atoms with Crippen molar-refractivity contribution in [3.05, 3.63) is 57.2 Å². The molecule has 37 heavy (non-hydrogen) atoms. The van der Waals surface area contributed by atoms with Gasteiger partial charge in [-0.2, -0.15) is 5.26 Å². The maximum atomic E-state index is 13.0. The molecule has 2 heterocycles.